The third kappa shape index (κ3) is 6.28. The lowest BCUT2D eigenvalue weighted by Crippen LogP contribution is -2.25. The van der Waals surface area contributed by atoms with Crippen molar-refractivity contribution in [2.45, 2.75) is 45.1 Å². The summed E-state index contributed by atoms with van der Waals surface area (Å²) in [6.07, 6.45) is 6.04. The van der Waals surface area contributed by atoms with Gasteiger partial charge in [0.2, 0.25) is 0 Å². The van der Waals surface area contributed by atoms with Crippen LogP contribution in [0, 0.1) is 0 Å². The Hall–Kier alpha value is -1.08. The van der Waals surface area contributed by atoms with E-state index < -0.39 is 0 Å². The smallest absolute Gasteiger partial charge is 0.00672 e. The number of benzene rings is 1. The summed E-state index contributed by atoms with van der Waals surface area (Å²) in [5, 5.41) is 3.40. The Morgan fingerprint density at radius 2 is 1.94 bits per heavy atom. The van der Waals surface area contributed by atoms with Crippen LogP contribution in [0.15, 0.2) is 42.5 Å². The highest BCUT2D eigenvalue weighted by atomic mass is 14.9. The fraction of sp³-hybridized carbons (Fsp3) is 0.500. The van der Waals surface area contributed by atoms with Gasteiger partial charge in [-0.1, -0.05) is 35.9 Å². The molecule has 0 amide bonds. The highest BCUT2D eigenvalue weighted by Gasteiger charge is 2.05. The predicted molar refractivity (Wildman–Crippen MR) is 76.3 cm³/mol. The summed E-state index contributed by atoms with van der Waals surface area (Å²) in [7, 11) is 2.06. The first kappa shape index (κ1) is 14.0. The number of rotatable bonds is 8. The van der Waals surface area contributed by atoms with Gasteiger partial charge >= 0.3 is 0 Å². The van der Waals surface area contributed by atoms with Crippen LogP contribution in [-0.2, 0) is 6.42 Å². The monoisotopic (exact) mass is 231 g/mol. The molecule has 1 unspecified atom stereocenters. The van der Waals surface area contributed by atoms with E-state index in [9.17, 15) is 0 Å². The molecule has 94 valence electrons. The molecule has 1 N–H and O–H groups in total. The highest BCUT2D eigenvalue weighted by Crippen LogP contribution is 2.11. The van der Waals surface area contributed by atoms with Gasteiger partial charge in [0.25, 0.3) is 0 Å². The van der Waals surface area contributed by atoms with Crippen molar-refractivity contribution in [3.8, 4) is 0 Å². The molecule has 17 heavy (non-hydrogen) atoms. The van der Waals surface area contributed by atoms with E-state index in [4.69, 9.17) is 0 Å². The third-order valence-corrected chi connectivity index (χ3v) is 3.19. The maximum Gasteiger partial charge on any atom is 0.00672 e. The van der Waals surface area contributed by atoms with E-state index in [-0.39, 0.29) is 0 Å². The zero-order valence-corrected chi connectivity index (χ0v) is 11.2. The molecular weight excluding hydrogens is 206 g/mol. The summed E-state index contributed by atoms with van der Waals surface area (Å²) in [5.74, 6) is 0. The summed E-state index contributed by atoms with van der Waals surface area (Å²) in [4.78, 5) is 0. The normalized spacial score (nSPS) is 12.4. The van der Waals surface area contributed by atoms with Crippen molar-refractivity contribution >= 4 is 0 Å². The second-order valence-electron chi connectivity index (χ2n) is 4.86. The Kier molecular flexibility index (Phi) is 6.64. The van der Waals surface area contributed by atoms with E-state index in [0.717, 1.165) is 6.42 Å². The maximum absolute atomic E-state index is 3.96. The lowest BCUT2D eigenvalue weighted by molar-refractivity contribution is 0.474. The van der Waals surface area contributed by atoms with E-state index in [1.165, 1.54) is 36.8 Å². The predicted octanol–water partition coefficient (Wildman–Crippen LogP) is 3.95. The lowest BCUT2D eigenvalue weighted by Gasteiger charge is -2.15. The van der Waals surface area contributed by atoms with Crippen molar-refractivity contribution in [2.24, 2.45) is 0 Å². The molecule has 0 heterocycles. The Morgan fingerprint density at radius 3 is 2.53 bits per heavy atom. The van der Waals surface area contributed by atoms with Gasteiger partial charge in [0, 0.05) is 6.04 Å². The molecule has 0 aliphatic rings. The van der Waals surface area contributed by atoms with Crippen LogP contribution in [0.5, 0.6) is 0 Å². The molecule has 1 heteroatoms. The van der Waals surface area contributed by atoms with Crippen LogP contribution < -0.4 is 5.32 Å². The molecule has 0 aliphatic heterocycles. The van der Waals surface area contributed by atoms with E-state index in [1.807, 2.05) is 0 Å². The number of aryl methyl sites for hydroxylation is 1. The minimum atomic E-state index is 0.635. The van der Waals surface area contributed by atoms with Crippen molar-refractivity contribution < 1.29 is 0 Å². The summed E-state index contributed by atoms with van der Waals surface area (Å²) < 4.78 is 0. The molecule has 1 aromatic carbocycles. The average molecular weight is 231 g/mol. The van der Waals surface area contributed by atoms with Gasteiger partial charge in [-0.2, -0.15) is 0 Å². The fourth-order valence-corrected chi connectivity index (χ4v) is 2.05. The SMILES string of the molecule is C=C(C)CCC(CCCc1ccccc1)NC. The van der Waals surface area contributed by atoms with Crippen molar-refractivity contribution in [3.63, 3.8) is 0 Å². The first-order valence-corrected chi connectivity index (χ1v) is 6.58. The van der Waals surface area contributed by atoms with Gasteiger partial charge < -0.3 is 5.32 Å². The van der Waals surface area contributed by atoms with Crippen LogP contribution in [0.25, 0.3) is 0 Å². The summed E-state index contributed by atoms with van der Waals surface area (Å²) in [6, 6.07) is 11.4. The second kappa shape index (κ2) is 8.08. The molecular formula is C16H25N. The van der Waals surface area contributed by atoms with Crippen molar-refractivity contribution in [1.82, 2.24) is 5.32 Å². The summed E-state index contributed by atoms with van der Waals surface area (Å²) in [6.45, 7) is 6.07. The largest absolute Gasteiger partial charge is 0.317 e. The molecule has 0 fully saturated rings. The molecule has 1 nitrogen and oxygen atoms in total. The van der Waals surface area contributed by atoms with Gasteiger partial charge in [-0.05, 0) is 51.6 Å². The molecule has 1 aromatic rings. The molecule has 1 rings (SSSR count). The molecule has 0 aliphatic carbocycles. The average Bonchev–Trinajstić information content (AvgIpc) is 2.34. The molecule has 0 bridgehead atoms. The number of hydrogen-bond donors (Lipinski definition) is 1. The molecule has 1 atom stereocenters. The van der Waals surface area contributed by atoms with Gasteiger partial charge in [0.1, 0.15) is 0 Å². The Morgan fingerprint density at radius 1 is 1.24 bits per heavy atom. The Labute approximate surface area is 106 Å². The van der Waals surface area contributed by atoms with Crippen LogP contribution in [0.1, 0.15) is 38.2 Å². The summed E-state index contributed by atoms with van der Waals surface area (Å²) >= 11 is 0. The van der Waals surface area contributed by atoms with Crippen molar-refractivity contribution in [1.29, 1.82) is 0 Å². The van der Waals surface area contributed by atoms with Gasteiger partial charge in [-0.25, -0.2) is 0 Å². The standard InChI is InChI=1S/C16H25N/c1-14(2)12-13-16(17-3)11-7-10-15-8-5-4-6-9-15/h4-6,8-9,16-17H,1,7,10-13H2,2-3H3. The van der Waals surface area contributed by atoms with Crippen LogP contribution in [0.4, 0.5) is 0 Å². The van der Waals surface area contributed by atoms with E-state index in [1.54, 1.807) is 0 Å². The first-order valence-electron chi connectivity index (χ1n) is 6.58. The second-order valence-corrected chi connectivity index (χ2v) is 4.86. The molecule has 0 saturated carbocycles. The summed E-state index contributed by atoms with van der Waals surface area (Å²) in [5.41, 5.74) is 2.73. The van der Waals surface area contributed by atoms with Gasteiger partial charge in [0.05, 0.1) is 0 Å². The van der Waals surface area contributed by atoms with Gasteiger partial charge in [-0.3, -0.25) is 0 Å². The number of nitrogens with one attached hydrogen (secondary N) is 1. The van der Waals surface area contributed by atoms with Crippen molar-refractivity contribution in [3.05, 3.63) is 48.0 Å². The van der Waals surface area contributed by atoms with Crippen LogP contribution in [0.3, 0.4) is 0 Å². The maximum atomic E-state index is 3.96. The molecule has 0 aromatic heterocycles. The van der Waals surface area contributed by atoms with Gasteiger partial charge in [-0.15, -0.1) is 6.58 Å². The zero-order valence-electron chi connectivity index (χ0n) is 11.2. The minimum Gasteiger partial charge on any atom is -0.317 e. The third-order valence-electron chi connectivity index (χ3n) is 3.19. The van der Waals surface area contributed by atoms with E-state index in [2.05, 4.69) is 56.2 Å². The molecule has 0 saturated heterocycles. The number of hydrogen-bond acceptors (Lipinski definition) is 1. The van der Waals surface area contributed by atoms with Crippen LogP contribution in [0.2, 0.25) is 0 Å². The molecule has 0 radical (unpaired) electrons. The molecule has 0 spiro atoms. The van der Waals surface area contributed by atoms with Gasteiger partial charge in [0.15, 0.2) is 0 Å². The quantitative estimate of drug-likeness (QED) is 0.668. The Balaban J connectivity index is 2.21. The first-order chi connectivity index (χ1) is 8.22. The minimum absolute atomic E-state index is 0.635. The Bertz CT molecular complexity index is 316. The van der Waals surface area contributed by atoms with Crippen LogP contribution in [-0.4, -0.2) is 13.1 Å². The lowest BCUT2D eigenvalue weighted by atomic mass is 10.0. The fourth-order valence-electron chi connectivity index (χ4n) is 2.05. The topological polar surface area (TPSA) is 12.0 Å². The van der Waals surface area contributed by atoms with Crippen molar-refractivity contribution in [2.75, 3.05) is 7.05 Å². The zero-order chi connectivity index (χ0) is 12.5. The van der Waals surface area contributed by atoms with E-state index in [0.29, 0.717) is 6.04 Å². The number of allylic oxidation sites excluding steroid dienone is 1. The van der Waals surface area contributed by atoms with E-state index >= 15 is 0 Å². The van der Waals surface area contributed by atoms with Crippen LogP contribution >= 0.6 is 0 Å². The highest BCUT2D eigenvalue weighted by molar-refractivity contribution is 5.14.